The van der Waals surface area contributed by atoms with Gasteiger partial charge in [-0.3, -0.25) is 9.59 Å². The first kappa shape index (κ1) is 21.4. The number of amides is 2. The molecule has 1 unspecified atom stereocenters. The molecule has 0 radical (unpaired) electrons. The van der Waals surface area contributed by atoms with Gasteiger partial charge in [0.05, 0.1) is 6.04 Å². The molecule has 1 aliphatic heterocycles. The Kier molecular flexibility index (Phi) is 6.59. The van der Waals surface area contributed by atoms with E-state index in [1.54, 1.807) is 0 Å². The van der Waals surface area contributed by atoms with Crippen molar-refractivity contribution in [2.45, 2.75) is 45.6 Å². The van der Waals surface area contributed by atoms with Crippen LogP contribution in [-0.4, -0.2) is 36.4 Å². The Morgan fingerprint density at radius 3 is 2.61 bits per heavy atom. The summed E-state index contributed by atoms with van der Waals surface area (Å²) in [5.74, 6) is 1.72. The first-order valence-electron chi connectivity index (χ1n) is 11.4. The van der Waals surface area contributed by atoms with E-state index >= 15 is 0 Å². The van der Waals surface area contributed by atoms with E-state index in [2.05, 4.69) is 37.4 Å². The van der Waals surface area contributed by atoms with Crippen LogP contribution in [-0.2, 0) is 16.0 Å². The molecule has 164 valence electrons. The molecule has 1 saturated carbocycles. The molecule has 0 bridgehead atoms. The van der Waals surface area contributed by atoms with Crippen LogP contribution in [0.3, 0.4) is 0 Å². The predicted octanol–water partition coefficient (Wildman–Crippen LogP) is 4.11. The molecule has 1 fully saturated rings. The molecule has 2 amide bonds. The normalized spacial score (nSPS) is 17.9. The van der Waals surface area contributed by atoms with E-state index in [-0.39, 0.29) is 24.5 Å². The highest BCUT2D eigenvalue weighted by atomic mass is 16.5. The molecule has 4 rings (SSSR count). The number of nitrogens with zero attached hydrogens (tertiary/aromatic N) is 1. The number of fused-ring (bicyclic) bond motifs is 1. The van der Waals surface area contributed by atoms with E-state index in [1.165, 1.54) is 18.4 Å². The number of carbonyl (C=O) groups excluding carboxylic acids is 2. The number of nitrogens with one attached hydrogen (secondary N) is 1. The van der Waals surface area contributed by atoms with E-state index in [0.717, 1.165) is 24.1 Å². The van der Waals surface area contributed by atoms with E-state index in [4.69, 9.17) is 4.74 Å². The minimum atomic E-state index is -0.136. The Morgan fingerprint density at radius 2 is 1.90 bits per heavy atom. The summed E-state index contributed by atoms with van der Waals surface area (Å²) < 4.78 is 5.82. The third-order valence-corrected chi connectivity index (χ3v) is 6.02. The first-order valence-corrected chi connectivity index (χ1v) is 11.4. The Bertz CT molecular complexity index is 922. The molecule has 2 aliphatic rings. The highest BCUT2D eigenvalue weighted by Gasteiger charge is 2.32. The van der Waals surface area contributed by atoms with Crippen molar-refractivity contribution in [3.8, 4) is 5.75 Å². The topological polar surface area (TPSA) is 58.6 Å². The second-order valence-corrected chi connectivity index (χ2v) is 9.15. The molecule has 2 aromatic carbocycles. The zero-order valence-electron chi connectivity index (χ0n) is 18.5. The number of ether oxygens (including phenoxy) is 1. The molecule has 0 saturated heterocycles. The minimum Gasteiger partial charge on any atom is -0.484 e. The van der Waals surface area contributed by atoms with E-state index < -0.39 is 0 Å². The molecule has 1 N–H and O–H groups in total. The largest absolute Gasteiger partial charge is 0.484 e. The van der Waals surface area contributed by atoms with Crippen molar-refractivity contribution in [3.63, 3.8) is 0 Å². The molecule has 5 nitrogen and oxygen atoms in total. The summed E-state index contributed by atoms with van der Waals surface area (Å²) in [7, 11) is 0. The van der Waals surface area contributed by atoms with Crippen molar-refractivity contribution in [2.24, 2.45) is 11.8 Å². The van der Waals surface area contributed by atoms with E-state index in [0.29, 0.717) is 30.6 Å². The fourth-order valence-corrected chi connectivity index (χ4v) is 4.19. The molecular formula is C26H32N2O3. The van der Waals surface area contributed by atoms with E-state index in [1.807, 2.05) is 35.2 Å². The van der Waals surface area contributed by atoms with Gasteiger partial charge in [-0.25, -0.2) is 0 Å². The lowest BCUT2D eigenvalue weighted by atomic mass is 9.87. The molecular weight excluding hydrogens is 388 g/mol. The number of benzene rings is 2. The van der Waals surface area contributed by atoms with Gasteiger partial charge in [0.25, 0.3) is 5.91 Å². The molecule has 1 heterocycles. The van der Waals surface area contributed by atoms with Gasteiger partial charge in [0, 0.05) is 19.5 Å². The third kappa shape index (κ3) is 5.46. The molecule has 1 aliphatic carbocycles. The lowest BCUT2D eigenvalue weighted by molar-refractivity contribution is -0.134. The number of rotatable bonds is 8. The van der Waals surface area contributed by atoms with Crippen LogP contribution in [0.25, 0.3) is 0 Å². The van der Waals surface area contributed by atoms with Gasteiger partial charge in [0.15, 0.2) is 6.61 Å². The Balaban J connectivity index is 1.55. The monoisotopic (exact) mass is 420 g/mol. The van der Waals surface area contributed by atoms with Gasteiger partial charge >= 0.3 is 0 Å². The molecule has 2 aromatic rings. The summed E-state index contributed by atoms with van der Waals surface area (Å²) in [6, 6.07) is 16.1. The summed E-state index contributed by atoms with van der Waals surface area (Å²) in [6.45, 7) is 5.62. The lowest BCUT2D eigenvalue weighted by Gasteiger charge is -2.38. The lowest BCUT2D eigenvalue weighted by Crippen LogP contribution is -2.41. The van der Waals surface area contributed by atoms with Crippen LogP contribution in [0.4, 0.5) is 0 Å². The van der Waals surface area contributed by atoms with Gasteiger partial charge in [-0.1, -0.05) is 50.2 Å². The van der Waals surface area contributed by atoms with Crippen LogP contribution in [0.15, 0.2) is 48.5 Å². The van der Waals surface area contributed by atoms with Gasteiger partial charge < -0.3 is 15.0 Å². The standard InChI is InChI=1S/C26H32N2O3/c1-18(2)14-25(30)28-13-12-20-10-11-22(31-17-24(29)27-16-19-8-9-19)15-23(20)26(28)21-6-4-3-5-7-21/h3-7,10-11,15,18-19,26H,8-9,12-14,16-17H2,1-2H3,(H,27,29). The minimum absolute atomic E-state index is 0.0114. The molecule has 31 heavy (non-hydrogen) atoms. The maximum atomic E-state index is 13.1. The van der Waals surface area contributed by atoms with Crippen molar-refractivity contribution in [2.75, 3.05) is 19.7 Å². The SMILES string of the molecule is CC(C)CC(=O)N1CCc2ccc(OCC(=O)NCC3CC3)cc2C1c1ccccc1. The summed E-state index contributed by atoms with van der Waals surface area (Å²) in [5, 5.41) is 2.94. The average molecular weight is 421 g/mol. The second-order valence-electron chi connectivity index (χ2n) is 9.15. The maximum absolute atomic E-state index is 13.1. The number of hydrogen-bond donors (Lipinski definition) is 1. The van der Waals surface area contributed by atoms with Crippen molar-refractivity contribution in [3.05, 3.63) is 65.2 Å². The Hall–Kier alpha value is -2.82. The zero-order valence-corrected chi connectivity index (χ0v) is 18.5. The van der Waals surface area contributed by atoms with Gasteiger partial charge in [-0.15, -0.1) is 0 Å². The Labute approximate surface area is 184 Å². The van der Waals surface area contributed by atoms with Gasteiger partial charge in [0.2, 0.25) is 5.91 Å². The van der Waals surface area contributed by atoms with Crippen LogP contribution >= 0.6 is 0 Å². The zero-order chi connectivity index (χ0) is 21.8. The van der Waals surface area contributed by atoms with E-state index in [9.17, 15) is 9.59 Å². The average Bonchev–Trinajstić information content (AvgIpc) is 3.60. The molecule has 0 aromatic heterocycles. The van der Waals surface area contributed by atoms with Crippen LogP contribution < -0.4 is 10.1 Å². The van der Waals surface area contributed by atoms with Crippen molar-refractivity contribution < 1.29 is 14.3 Å². The van der Waals surface area contributed by atoms with Crippen LogP contribution in [0, 0.1) is 11.8 Å². The van der Waals surface area contributed by atoms with Crippen molar-refractivity contribution in [1.29, 1.82) is 0 Å². The highest BCUT2D eigenvalue weighted by molar-refractivity contribution is 5.78. The summed E-state index contributed by atoms with van der Waals surface area (Å²) >= 11 is 0. The molecule has 0 spiro atoms. The first-order chi connectivity index (χ1) is 15.0. The predicted molar refractivity (Wildman–Crippen MR) is 121 cm³/mol. The van der Waals surface area contributed by atoms with Crippen LogP contribution in [0.2, 0.25) is 0 Å². The van der Waals surface area contributed by atoms with Crippen LogP contribution in [0.1, 0.15) is 55.8 Å². The smallest absolute Gasteiger partial charge is 0.257 e. The van der Waals surface area contributed by atoms with Gasteiger partial charge in [-0.2, -0.15) is 0 Å². The second kappa shape index (κ2) is 9.54. The van der Waals surface area contributed by atoms with Gasteiger partial charge in [0.1, 0.15) is 5.75 Å². The summed E-state index contributed by atoms with van der Waals surface area (Å²) in [6.07, 6.45) is 3.78. The summed E-state index contributed by atoms with van der Waals surface area (Å²) in [4.78, 5) is 27.2. The van der Waals surface area contributed by atoms with Gasteiger partial charge in [-0.05, 0) is 59.9 Å². The highest BCUT2D eigenvalue weighted by Crippen LogP contribution is 2.37. The number of carbonyl (C=O) groups is 2. The maximum Gasteiger partial charge on any atom is 0.257 e. The van der Waals surface area contributed by atoms with Crippen LogP contribution in [0.5, 0.6) is 5.75 Å². The molecule has 5 heteroatoms. The Morgan fingerprint density at radius 1 is 1.13 bits per heavy atom. The fraction of sp³-hybridized carbons (Fsp3) is 0.462. The van der Waals surface area contributed by atoms with Crippen molar-refractivity contribution >= 4 is 11.8 Å². The third-order valence-electron chi connectivity index (χ3n) is 6.02. The molecule has 1 atom stereocenters. The quantitative estimate of drug-likeness (QED) is 0.699. The van der Waals surface area contributed by atoms with Crippen molar-refractivity contribution in [1.82, 2.24) is 10.2 Å². The number of hydrogen-bond acceptors (Lipinski definition) is 3. The summed E-state index contributed by atoms with van der Waals surface area (Å²) in [5.41, 5.74) is 3.42. The fourth-order valence-electron chi connectivity index (χ4n) is 4.19.